The van der Waals surface area contributed by atoms with Gasteiger partial charge in [-0.25, -0.2) is 4.98 Å². The molecule has 0 aliphatic carbocycles. The summed E-state index contributed by atoms with van der Waals surface area (Å²) < 4.78 is 0. The summed E-state index contributed by atoms with van der Waals surface area (Å²) in [6.07, 6.45) is 0. The van der Waals surface area contributed by atoms with E-state index in [1.807, 2.05) is 5.38 Å². The van der Waals surface area contributed by atoms with Crippen molar-refractivity contribution < 1.29 is 4.79 Å². The molecule has 1 unspecified atom stereocenters. The van der Waals surface area contributed by atoms with Crippen LogP contribution in [0.4, 0.5) is 5.13 Å². The molecule has 3 N–H and O–H groups in total. The Hall–Kier alpha value is -1.72. The number of benzene rings is 1. The van der Waals surface area contributed by atoms with E-state index in [4.69, 9.17) is 5.73 Å². The highest BCUT2D eigenvalue weighted by molar-refractivity contribution is 7.14. The molecule has 0 saturated carbocycles. The summed E-state index contributed by atoms with van der Waals surface area (Å²) in [7, 11) is 0. The van der Waals surface area contributed by atoms with E-state index in [2.05, 4.69) is 55.3 Å². The second-order valence-electron chi connectivity index (χ2n) is 6.14. The number of rotatable bonds is 3. The summed E-state index contributed by atoms with van der Waals surface area (Å²) in [6.45, 7) is 8.21. The number of anilines is 1. The van der Waals surface area contributed by atoms with Crippen LogP contribution in [0.25, 0.3) is 11.3 Å². The van der Waals surface area contributed by atoms with Gasteiger partial charge in [0.25, 0.3) is 0 Å². The van der Waals surface area contributed by atoms with Gasteiger partial charge in [-0.05, 0) is 17.9 Å². The summed E-state index contributed by atoms with van der Waals surface area (Å²) in [5, 5.41) is 5.22. The third-order valence-electron chi connectivity index (χ3n) is 3.19. The van der Waals surface area contributed by atoms with Gasteiger partial charge in [0, 0.05) is 10.9 Å². The number of hydrogen-bond donors (Lipinski definition) is 2. The zero-order valence-corrected chi connectivity index (χ0v) is 13.6. The molecule has 1 aromatic carbocycles. The summed E-state index contributed by atoms with van der Waals surface area (Å²) in [4.78, 5) is 16.0. The van der Waals surface area contributed by atoms with Crippen molar-refractivity contribution in [1.29, 1.82) is 0 Å². The molecule has 1 amide bonds. The molecule has 0 radical (unpaired) electrons. The molecule has 0 bridgehead atoms. The molecule has 5 heteroatoms. The van der Waals surface area contributed by atoms with Gasteiger partial charge in [-0.2, -0.15) is 0 Å². The lowest BCUT2D eigenvalue weighted by atomic mass is 9.86. The third kappa shape index (κ3) is 3.89. The van der Waals surface area contributed by atoms with Crippen LogP contribution in [-0.2, 0) is 10.2 Å². The summed E-state index contributed by atoms with van der Waals surface area (Å²) in [6, 6.07) is 7.83. The van der Waals surface area contributed by atoms with Crippen LogP contribution in [0, 0.1) is 0 Å². The van der Waals surface area contributed by atoms with Gasteiger partial charge in [0.05, 0.1) is 11.7 Å². The Balaban J connectivity index is 2.16. The van der Waals surface area contributed by atoms with Crippen LogP contribution in [0.5, 0.6) is 0 Å². The molecule has 0 aliphatic heterocycles. The molecule has 1 atom stereocenters. The normalized spacial score (nSPS) is 13.0. The Labute approximate surface area is 129 Å². The van der Waals surface area contributed by atoms with Crippen LogP contribution in [-0.4, -0.2) is 16.9 Å². The first-order chi connectivity index (χ1) is 9.77. The van der Waals surface area contributed by atoms with Crippen molar-refractivity contribution in [3.8, 4) is 11.3 Å². The van der Waals surface area contributed by atoms with Crippen molar-refractivity contribution in [2.45, 2.75) is 39.2 Å². The molecular formula is C16H21N3OS. The Morgan fingerprint density at radius 2 is 1.90 bits per heavy atom. The summed E-state index contributed by atoms with van der Waals surface area (Å²) >= 11 is 1.40. The minimum absolute atomic E-state index is 0.136. The molecule has 1 heterocycles. The number of carbonyl (C=O) groups is 1. The number of carbonyl (C=O) groups excluding carboxylic acids is 1. The number of nitrogens with two attached hydrogens (primary N) is 1. The van der Waals surface area contributed by atoms with Crippen molar-refractivity contribution in [2.75, 3.05) is 5.32 Å². The predicted octanol–water partition coefficient (Wildman–Crippen LogP) is 3.39. The number of amides is 1. The first-order valence-corrected chi connectivity index (χ1v) is 7.78. The Morgan fingerprint density at radius 1 is 1.29 bits per heavy atom. The van der Waals surface area contributed by atoms with Crippen LogP contribution in [0.1, 0.15) is 33.3 Å². The zero-order chi connectivity index (χ0) is 15.6. The van der Waals surface area contributed by atoms with Crippen LogP contribution in [0.3, 0.4) is 0 Å². The Bertz CT molecular complexity index is 624. The van der Waals surface area contributed by atoms with Crippen molar-refractivity contribution in [2.24, 2.45) is 5.73 Å². The van der Waals surface area contributed by atoms with Gasteiger partial charge in [0.15, 0.2) is 5.13 Å². The van der Waals surface area contributed by atoms with Crippen molar-refractivity contribution in [3.63, 3.8) is 0 Å². The van der Waals surface area contributed by atoms with Crippen LogP contribution < -0.4 is 11.1 Å². The zero-order valence-electron chi connectivity index (χ0n) is 12.8. The number of thiazole rings is 1. The summed E-state index contributed by atoms with van der Waals surface area (Å²) in [5.41, 5.74) is 8.85. The third-order valence-corrected chi connectivity index (χ3v) is 3.95. The van der Waals surface area contributed by atoms with Crippen LogP contribution >= 0.6 is 11.3 Å². The average Bonchev–Trinajstić information content (AvgIpc) is 2.86. The van der Waals surface area contributed by atoms with Crippen LogP contribution in [0.2, 0.25) is 0 Å². The molecule has 0 fully saturated rings. The van der Waals surface area contributed by atoms with E-state index < -0.39 is 6.04 Å². The van der Waals surface area contributed by atoms with Gasteiger partial charge in [-0.1, -0.05) is 45.0 Å². The minimum atomic E-state index is -0.539. The monoisotopic (exact) mass is 303 g/mol. The molecule has 2 aromatic rings. The fraction of sp³-hybridized carbons (Fsp3) is 0.375. The lowest BCUT2D eigenvalue weighted by Gasteiger charge is -2.18. The van der Waals surface area contributed by atoms with E-state index in [0.717, 1.165) is 11.3 Å². The maximum absolute atomic E-state index is 11.5. The van der Waals surface area contributed by atoms with Gasteiger partial charge in [-0.15, -0.1) is 11.3 Å². The van der Waals surface area contributed by atoms with E-state index in [0.29, 0.717) is 5.13 Å². The Kier molecular flexibility index (Phi) is 4.44. The van der Waals surface area contributed by atoms with Gasteiger partial charge >= 0.3 is 0 Å². The highest BCUT2D eigenvalue weighted by Crippen LogP contribution is 2.28. The fourth-order valence-electron chi connectivity index (χ4n) is 1.82. The molecular weight excluding hydrogens is 282 g/mol. The van der Waals surface area contributed by atoms with Gasteiger partial charge in [0.2, 0.25) is 5.91 Å². The number of aromatic nitrogens is 1. The lowest BCUT2D eigenvalue weighted by molar-refractivity contribution is -0.117. The maximum atomic E-state index is 11.5. The van der Waals surface area contributed by atoms with Crippen molar-refractivity contribution >= 4 is 22.4 Å². The SMILES string of the molecule is CC(N)C(=O)Nc1nc(-c2ccc(C(C)(C)C)cc2)cs1. The molecule has 21 heavy (non-hydrogen) atoms. The van der Waals surface area contributed by atoms with E-state index >= 15 is 0 Å². The first kappa shape index (κ1) is 15.7. The van der Waals surface area contributed by atoms with Crippen LogP contribution in [0.15, 0.2) is 29.6 Å². The molecule has 112 valence electrons. The second-order valence-corrected chi connectivity index (χ2v) is 7.00. The number of nitrogens with one attached hydrogen (secondary N) is 1. The van der Waals surface area contributed by atoms with Crippen molar-refractivity contribution in [1.82, 2.24) is 4.98 Å². The number of hydrogen-bond acceptors (Lipinski definition) is 4. The smallest absolute Gasteiger partial charge is 0.242 e. The fourth-order valence-corrected chi connectivity index (χ4v) is 2.55. The molecule has 2 rings (SSSR count). The molecule has 0 aliphatic rings. The van der Waals surface area contributed by atoms with E-state index in [9.17, 15) is 4.79 Å². The highest BCUT2D eigenvalue weighted by Gasteiger charge is 2.14. The highest BCUT2D eigenvalue weighted by atomic mass is 32.1. The van der Waals surface area contributed by atoms with E-state index in [1.165, 1.54) is 16.9 Å². The van der Waals surface area contributed by atoms with Gasteiger partial charge in [-0.3, -0.25) is 4.79 Å². The quantitative estimate of drug-likeness (QED) is 0.913. The molecule has 0 spiro atoms. The molecule has 0 saturated heterocycles. The topological polar surface area (TPSA) is 68.0 Å². The Morgan fingerprint density at radius 3 is 2.43 bits per heavy atom. The first-order valence-electron chi connectivity index (χ1n) is 6.90. The van der Waals surface area contributed by atoms with Gasteiger partial charge in [0.1, 0.15) is 0 Å². The van der Waals surface area contributed by atoms with Gasteiger partial charge < -0.3 is 11.1 Å². The minimum Gasteiger partial charge on any atom is -0.320 e. The predicted molar refractivity (Wildman–Crippen MR) is 88.5 cm³/mol. The van der Waals surface area contributed by atoms with E-state index in [1.54, 1.807) is 6.92 Å². The largest absolute Gasteiger partial charge is 0.320 e. The molecule has 4 nitrogen and oxygen atoms in total. The van der Waals surface area contributed by atoms with E-state index in [-0.39, 0.29) is 11.3 Å². The number of nitrogens with zero attached hydrogens (tertiary/aromatic N) is 1. The lowest BCUT2D eigenvalue weighted by Crippen LogP contribution is -2.32. The summed E-state index contributed by atoms with van der Waals surface area (Å²) in [5.74, 6) is -0.223. The standard InChI is InChI=1S/C16H21N3OS/c1-10(17)14(20)19-15-18-13(9-21-15)11-5-7-12(8-6-11)16(2,3)4/h5-10H,17H2,1-4H3,(H,18,19,20). The van der Waals surface area contributed by atoms with Crippen molar-refractivity contribution in [3.05, 3.63) is 35.2 Å². The molecule has 1 aromatic heterocycles. The second kappa shape index (κ2) is 5.95. The average molecular weight is 303 g/mol. The maximum Gasteiger partial charge on any atom is 0.242 e.